The number of nitrogens with one attached hydrogen (secondary N) is 2. The highest BCUT2D eigenvalue weighted by Gasteiger charge is 2.36. The second-order valence-corrected chi connectivity index (χ2v) is 7.92. The second-order valence-electron chi connectivity index (χ2n) is 6.78. The molecule has 4 rings (SSSR count). The summed E-state index contributed by atoms with van der Waals surface area (Å²) in [7, 11) is 0. The summed E-state index contributed by atoms with van der Waals surface area (Å²) in [5, 5.41) is 0. The zero-order chi connectivity index (χ0) is 19.2. The maximum Gasteiger partial charge on any atom is 0.112 e. The maximum atomic E-state index is 4.26. The molecule has 0 atom stereocenters. The van der Waals surface area contributed by atoms with Gasteiger partial charge < -0.3 is 5.43 Å². The lowest BCUT2D eigenvalue weighted by Gasteiger charge is -2.37. The minimum absolute atomic E-state index is 0.545. The van der Waals surface area contributed by atoms with Gasteiger partial charge in [0.25, 0.3) is 0 Å². The summed E-state index contributed by atoms with van der Waals surface area (Å²) < 4.78 is 0. The predicted octanol–water partition coefficient (Wildman–Crippen LogP) is 5.61. The molecule has 0 aliphatic carbocycles. The van der Waals surface area contributed by atoms with Gasteiger partial charge in [-0.2, -0.15) is 0 Å². The average molecular weight is 385 g/mol. The lowest BCUT2D eigenvalue weighted by molar-refractivity contribution is 0.426. The van der Waals surface area contributed by atoms with Crippen molar-refractivity contribution in [1.82, 2.24) is 10.9 Å². The Balaban J connectivity index is 1.82. The number of rotatable bonds is 7. The SMILES string of the molecule is C=C(NNC(c1ccccc1)(c1ccccc1)c1ccccc1)C1=CCCS1. The van der Waals surface area contributed by atoms with Gasteiger partial charge in [0, 0.05) is 10.7 Å². The van der Waals surface area contributed by atoms with Crippen LogP contribution in [0.1, 0.15) is 23.1 Å². The normalized spacial score (nSPS) is 13.8. The van der Waals surface area contributed by atoms with Crippen molar-refractivity contribution >= 4 is 11.8 Å². The molecule has 0 radical (unpaired) electrons. The van der Waals surface area contributed by atoms with Crippen LogP contribution in [0.25, 0.3) is 0 Å². The van der Waals surface area contributed by atoms with E-state index in [1.807, 2.05) is 11.8 Å². The number of benzene rings is 3. The molecule has 0 amide bonds. The third-order valence-corrected chi connectivity index (χ3v) is 6.19. The number of hydrogen-bond acceptors (Lipinski definition) is 3. The van der Waals surface area contributed by atoms with Crippen molar-refractivity contribution in [1.29, 1.82) is 0 Å². The van der Waals surface area contributed by atoms with E-state index in [1.165, 1.54) is 21.6 Å². The molecule has 1 aliphatic heterocycles. The Morgan fingerprint density at radius 2 is 1.21 bits per heavy atom. The van der Waals surface area contributed by atoms with E-state index in [1.54, 1.807) is 0 Å². The van der Waals surface area contributed by atoms with E-state index < -0.39 is 5.54 Å². The van der Waals surface area contributed by atoms with Crippen molar-refractivity contribution in [3.05, 3.63) is 131 Å². The molecule has 0 spiro atoms. The first-order valence-electron chi connectivity index (χ1n) is 9.53. The van der Waals surface area contributed by atoms with E-state index in [0.29, 0.717) is 0 Å². The van der Waals surface area contributed by atoms with Gasteiger partial charge >= 0.3 is 0 Å². The van der Waals surface area contributed by atoms with E-state index in [2.05, 4.69) is 115 Å². The molecule has 3 aromatic rings. The number of hydrogen-bond donors (Lipinski definition) is 2. The van der Waals surface area contributed by atoms with Gasteiger partial charge in [-0.1, -0.05) is 104 Å². The number of thioether (sulfide) groups is 1. The first kappa shape index (κ1) is 18.6. The highest BCUT2D eigenvalue weighted by Crippen LogP contribution is 2.37. The van der Waals surface area contributed by atoms with Crippen LogP contribution in [0.4, 0.5) is 0 Å². The lowest BCUT2D eigenvalue weighted by atomic mass is 9.77. The van der Waals surface area contributed by atoms with Crippen molar-refractivity contribution < 1.29 is 0 Å². The van der Waals surface area contributed by atoms with E-state index in [4.69, 9.17) is 0 Å². The molecule has 0 unspecified atom stereocenters. The smallest absolute Gasteiger partial charge is 0.112 e. The highest BCUT2D eigenvalue weighted by molar-refractivity contribution is 8.03. The zero-order valence-electron chi connectivity index (χ0n) is 15.8. The quantitative estimate of drug-likeness (QED) is 0.409. The predicted molar refractivity (Wildman–Crippen MR) is 120 cm³/mol. The second kappa shape index (κ2) is 8.51. The first-order chi connectivity index (χ1) is 13.8. The van der Waals surface area contributed by atoms with E-state index in [9.17, 15) is 0 Å². The maximum absolute atomic E-state index is 4.26. The third kappa shape index (κ3) is 3.64. The van der Waals surface area contributed by atoms with Crippen LogP contribution in [0.5, 0.6) is 0 Å². The summed E-state index contributed by atoms with van der Waals surface area (Å²) in [5.74, 6) is 1.12. The molecule has 28 heavy (non-hydrogen) atoms. The van der Waals surface area contributed by atoms with E-state index in [-0.39, 0.29) is 0 Å². The van der Waals surface area contributed by atoms with Crippen LogP contribution < -0.4 is 10.9 Å². The van der Waals surface area contributed by atoms with Gasteiger partial charge in [0.1, 0.15) is 5.54 Å². The topological polar surface area (TPSA) is 24.1 Å². The summed E-state index contributed by atoms with van der Waals surface area (Å²) in [4.78, 5) is 1.22. The van der Waals surface area contributed by atoms with Crippen molar-refractivity contribution in [3.63, 3.8) is 0 Å². The summed E-state index contributed by atoms with van der Waals surface area (Å²) in [6.45, 7) is 4.26. The molecule has 2 nitrogen and oxygen atoms in total. The summed E-state index contributed by atoms with van der Waals surface area (Å²) in [6.07, 6.45) is 3.35. The van der Waals surface area contributed by atoms with Crippen LogP contribution in [-0.4, -0.2) is 5.75 Å². The average Bonchev–Trinajstić information content (AvgIpc) is 3.31. The Bertz CT molecular complexity index is 853. The molecule has 0 bridgehead atoms. The van der Waals surface area contributed by atoms with Gasteiger partial charge in [-0.15, -0.1) is 11.8 Å². The summed E-state index contributed by atoms with van der Waals surface area (Å²) in [6, 6.07) is 31.7. The third-order valence-electron chi connectivity index (χ3n) is 5.02. The fourth-order valence-electron chi connectivity index (χ4n) is 3.64. The van der Waals surface area contributed by atoms with Crippen LogP contribution in [-0.2, 0) is 5.54 Å². The summed E-state index contributed by atoms with van der Waals surface area (Å²) in [5.41, 5.74) is 11.0. The van der Waals surface area contributed by atoms with Crippen LogP contribution in [0.15, 0.2) is 114 Å². The first-order valence-corrected chi connectivity index (χ1v) is 10.5. The molecule has 3 heteroatoms. The Kier molecular flexibility index (Phi) is 5.65. The van der Waals surface area contributed by atoms with Gasteiger partial charge in [0.15, 0.2) is 0 Å². The van der Waals surface area contributed by atoms with E-state index >= 15 is 0 Å². The molecule has 0 fully saturated rings. The van der Waals surface area contributed by atoms with Gasteiger partial charge in [0.05, 0.1) is 5.70 Å². The van der Waals surface area contributed by atoms with Crippen LogP contribution in [0.3, 0.4) is 0 Å². The standard InChI is InChI=1S/C25H24N2S/c1-20(24-18-11-19-28-24)26-27-25(21-12-5-2-6-13-21,22-14-7-3-8-15-22)23-16-9-4-10-17-23/h2-10,12-18,26-27H,1,11,19H2. The molecule has 3 aromatic carbocycles. The molecule has 140 valence electrons. The Labute approximate surface area is 171 Å². The molecule has 1 heterocycles. The Hall–Kier alpha value is -2.75. The van der Waals surface area contributed by atoms with Crippen LogP contribution >= 0.6 is 11.8 Å². The molecule has 0 aromatic heterocycles. The van der Waals surface area contributed by atoms with Gasteiger partial charge in [-0.05, 0) is 23.1 Å². The molecule has 0 saturated heterocycles. The van der Waals surface area contributed by atoms with Crippen molar-refractivity contribution in [3.8, 4) is 0 Å². The monoisotopic (exact) mass is 384 g/mol. The molecule has 2 N–H and O–H groups in total. The molecular formula is C25H24N2S. The van der Waals surface area contributed by atoms with Gasteiger partial charge in [0.2, 0.25) is 0 Å². The highest BCUT2D eigenvalue weighted by atomic mass is 32.2. The lowest BCUT2D eigenvalue weighted by Crippen LogP contribution is -2.51. The number of allylic oxidation sites excluding steroid dienone is 1. The van der Waals surface area contributed by atoms with Crippen molar-refractivity contribution in [2.75, 3.05) is 5.75 Å². The number of hydrazine groups is 1. The van der Waals surface area contributed by atoms with Crippen molar-refractivity contribution in [2.24, 2.45) is 0 Å². The van der Waals surface area contributed by atoms with Crippen LogP contribution in [0.2, 0.25) is 0 Å². The molecule has 1 aliphatic rings. The van der Waals surface area contributed by atoms with Crippen LogP contribution in [0, 0.1) is 0 Å². The van der Waals surface area contributed by atoms with E-state index in [0.717, 1.165) is 17.9 Å². The minimum Gasteiger partial charge on any atom is -0.320 e. The zero-order valence-corrected chi connectivity index (χ0v) is 16.6. The fraction of sp³-hybridized carbons (Fsp3) is 0.120. The van der Waals surface area contributed by atoms with Gasteiger partial charge in [-0.25, -0.2) is 5.43 Å². The minimum atomic E-state index is -0.545. The summed E-state index contributed by atoms with van der Waals surface area (Å²) >= 11 is 1.85. The largest absolute Gasteiger partial charge is 0.320 e. The molecule has 0 saturated carbocycles. The molecular weight excluding hydrogens is 360 g/mol. The van der Waals surface area contributed by atoms with Crippen molar-refractivity contribution in [2.45, 2.75) is 12.0 Å². The fourth-order valence-corrected chi connectivity index (χ4v) is 4.56. The Morgan fingerprint density at radius 3 is 1.61 bits per heavy atom. The Morgan fingerprint density at radius 1 is 0.750 bits per heavy atom. The van der Waals surface area contributed by atoms with Gasteiger partial charge in [-0.3, -0.25) is 0 Å².